The summed E-state index contributed by atoms with van der Waals surface area (Å²) in [7, 11) is 3.19. The minimum Gasteiger partial charge on any atom is -0.493 e. The zero-order chi connectivity index (χ0) is 15.5. The molecule has 2 heterocycles. The van der Waals surface area contributed by atoms with Gasteiger partial charge < -0.3 is 9.47 Å². The third-order valence-electron chi connectivity index (χ3n) is 3.30. The molecule has 112 valence electrons. The fourth-order valence-corrected chi connectivity index (χ4v) is 2.21. The molecule has 0 atom stereocenters. The number of rotatable bonds is 4. The van der Waals surface area contributed by atoms with Crippen LogP contribution in [-0.2, 0) is 0 Å². The van der Waals surface area contributed by atoms with Crippen LogP contribution in [0.3, 0.4) is 0 Å². The molecule has 0 radical (unpaired) electrons. The fraction of sp³-hybridized carbons (Fsp3) is 0.188. The summed E-state index contributed by atoms with van der Waals surface area (Å²) in [6, 6.07) is 11.2. The zero-order valence-electron chi connectivity index (χ0n) is 12.6. The molecule has 0 saturated heterocycles. The van der Waals surface area contributed by atoms with Gasteiger partial charge >= 0.3 is 0 Å². The van der Waals surface area contributed by atoms with Gasteiger partial charge in [-0.05, 0) is 31.2 Å². The maximum absolute atomic E-state index is 5.26. The summed E-state index contributed by atoms with van der Waals surface area (Å²) in [5.74, 6) is 1.99. The molecule has 1 aromatic carbocycles. The van der Waals surface area contributed by atoms with Crippen molar-refractivity contribution in [3.05, 3.63) is 48.3 Å². The number of aromatic nitrogens is 2. The number of azo groups is 1. The summed E-state index contributed by atoms with van der Waals surface area (Å²) in [5.41, 5.74) is 2.36. The lowest BCUT2D eigenvalue weighted by atomic mass is 10.3. The van der Waals surface area contributed by atoms with Crippen molar-refractivity contribution in [1.82, 2.24) is 9.38 Å². The molecule has 6 heteroatoms. The van der Waals surface area contributed by atoms with E-state index in [0.717, 1.165) is 11.3 Å². The molecule has 0 fully saturated rings. The predicted molar refractivity (Wildman–Crippen MR) is 83.7 cm³/mol. The van der Waals surface area contributed by atoms with Gasteiger partial charge in [0.25, 0.3) is 0 Å². The molecule has 0 spiro atoms. The van der Waals surface area contributed by atoms with Crippen molar-refractivity contribution in [1.29, 1.82) is 0 Å². The van der Waals surface area contributed by atoms with Crippen molar-refractivity contribution in [3.63, 3.8) is 0 Å². The van der Waals surface area contributed by atoms with E-state index < -0.39 is 0 Å². The Labute approximate surface area is 128 Å². The summed E-state index contributed by atoms with van der Waals surface area (Å²) < 4.78 is 12.4. The van der Waals surface area contributed by atoms with Crippen LogP contribution in [0.5, 0.6) is 11.5 Å². The van der Waals surface area contributed by atoms with Gasteiger partial charge in [-0.25, -0.2) is 4.98 Å². The zero-order valence-corrected chi connectivity index (χ0v) is 12.6. The molecule has 3 rings (SSSR count). The van der Waals surface area contributed by atoms with Crippen LogP contribution in [0.2, 0.25) is 0 Å². The lowest BCUT2D eigenvalue weighted by molar-refractivity contribution is 0.355. The molecule has 22 heavy (non-hydrogen) atoms. The number of nitrogens with zero attached hydrogens (tertiary/aromatic N) is 4. The Bertz CT molecular complexity index is 839. The third kappa shape index (κ3) is 2.50. The van der Waals surface area contributed by atoms with E-state index in [2.05, 4.69) is 15.2 Å². The first-order valence-electron chi connectivity index (χ1n) is 6.80. The molecule has 0 aliphatic rings. The van der Waals surface area contributed by atoms with Crippen molar-refractivity contribution >= 4 is 17.2 Å². The maximum Gasteiger partial charge on any atom is 0.182 e. The molecule has 0 bridgehead atoms. The monoisotopic (exact) mass is 296 g/mol. The molecule has 3 aromatic rings. The molecule has 0 saturated carbocycles. The van der Waals surface area contributed by atoms with Gasteiger partial charge in [-0.15, -0.1) is 10.2 Å². The van der Waals surface area contributed by atoms with E-state index in [9.17, 15) is 0 Å². The highest BCUT2D eigenvalue weighted by Gasteiger charge is 2.08. The quantitative estimate of drug-likeness (QED) is 0.682. The average molecular weight is 296 g/mol. The van der Waals surface area contributed by atoms with Crippen LogP contribution in [0.25, 0.3) is 5.65 Å². The Morgan fingerprint density at radius 1 is 1.00 bits per heavy atom. The van der Waals surface area contributed by atoms with Gasteiger partial charge in [-0.1, -0.05) is 6.07 Å². The minimum atomic E-state index is 0.619. The summed E-state index contributed by atoms with van der Waals surface area (Å²) in [4.78, 5) is 4.45. The van der Waals surface area contributed by atoms with Crippen molar-refractivity contribution in [2.45, 2.75) is 6.92 Å². The van der Waals surface area contributed by atoms with E-state index in [4.69, 9.17) is 9.47 Å². The third-order valence-corrected chi connectivity index (χ3v) is 3.30. The van der Waals surface area contributed by atoms with Crippen LogP contribution in [0.15, 0.2) is 52.8 Å². The van der Waals surface area contributed by atoms with E-state index in [1.54, 1.807) is 26.4 Å². The van der Waals surface area contributed by atoms with Crippen molar-refractivity contribution in [2.75, 3.05) is 14.2 Å². The van der Waals surface area contributed by atoms with Gasteiger partial charge in [0.2, 0.25) is 0 Å². The normalized spacial score (nSPS) is 11.2. The van der Waals surface area contributed by atoms with E-state index >= 15 is 0 Å². The topological polar surface area (TPSA) is 60.5 Å². The number of hydrogen-bond acceptors (Lipinski definition) is 5. The molecule has 0 unspecified atom stereocenters. The molecule has 2 aromatic heterocycles. The number of methoxy groups -OCH3 is 2. The first-order chi connectivity index (χ1) is 10.7. The maximum atomic E-state index is 5.26. The molecular formula is C16H16N4O2. The van der Waals surface area contributed by atoms with E-state index in [0.29, 0.717) is 23.0 Å². The molecule has 0 aliphatic heterocycles. The van der Waals surface area contributed by atoms with Crippen molar-refractivity contribution in [3.8, 4) is 11.5 Å². The molecule has 0 aliphatic carbocycles. The van der Waals surface area contributed by atoms with Gasteiger partial charge in [0.1, 0.15) is 5.65 Å². The second-order valence-corrected chi connectivity index (χ2v) is 4.69. The molecule has 6 nitrogen and oxygen atoms in total. The minimum absolute atomic E-state index is 0.619. The SMILES string of the molecule is COc1ccc(N=Nc2c(C)nc3ccccn23)cc1OC. The Hall–Kier alpha value is -2.89. The second-order valence-electron chi connectivity index (χ2n) is 4.69. The highest BCUT2D eigenvalue weighted by molar-refractivity contribution is 5.53. The first kappa shape index (κ1) is 14.1. The smallest absolute Gasteiger partial charge is 0.182 e. The first-order valence-corrected chi connectivity index (χ1v) is 6.80. The van der Waals surface area contributed by atoms with E-state index in [1.165, 1.54) is 0 Å². The van der Waals surface area contributed by atoms with E-state index in [-0.39, 0.29) is 0 Å². The van der Waals surface area contributed by atoms with Crippen molar-refractivity contribution in [2.24, 2.45) is 10.2 Å². The lowest BCUT2D eigenvalue weighted by Crippen LogP contribution is -1.89. The molecule has 0 amide bonds. The van der Waals surface area contributed by atoms with Crippen LogP contribution >= 0.6 is 0 Å². The van der Waals surface area contributed by atoms with Gasteiger partial charge in [-0.2, -0.15) is 0 Å². The fourth-order valence-electron chi connectivity index (χ4n) is 2.21. The summed E-state index contributed by atoms with van der Waals surface area (Å²) in [5, 5.41) is 8.60. The van der Waals surface area contributed by atoms with Gasteiger partial charge in [0, 0.05) is 12.3 Å². The van der Waals surface area contributed by atoms with Gasteiger partial charge in [0.15, 0.2) is 17.3 Å². The van der Waals surface area contributed by atoms with Crippen LogP contribution in [0.1, 0.15) is 5.69 Å². The number of aryl methyl sites for hydroxylation is 1. The highest BCUT2D eigenvalue weighted by Crippen LogP contribution is 2.32. The molecular weight excluding hydrogens is 280 g/mol. The Morgan fingerprint density at radius 2 is 1.82 bits per heavy atom. The average Bonchev–Trinajstić information content (AvgIpc) is 2.87. The number of ether oxygens (including phenoxy) is 2. The predicted octanol–water partition coefficient (Wildman–Crippen LogP) is 4.08. The van der Waals surface area contributed by atoms with Crippen LogP contribution in [0, 0.1) is 6.92 Å². The summed E-state index contributed by atoms with van der Waals surface area (Å²) >= 11 is 0. The summed E-state index contributed by atoms with van der Waals surface area (Å²) in [6.45, 7) is 1.91. The number of pyridine rings is 1. The number of fused-ring (bicyclic) bond motifs is 1. The van der Waals surface area contributed by atoms with Crippen LogP contribution < -0.4 is 9.47 Å². The van der Waals surface area contributed by atoms with Crippen molar-refractivity contribution < 1.29 is 9.47 Å². The Balaban J connectivity index is 1.98. The standard InChI is InChI=1S/C16H16N4O2/c1-11-16(20-9-5-4-6-15(20)17-11)19-18-12-7-8-13(21-2)14(10-12)22-3/h4-10H,1-3H3. The largest absolute Gasteiger partial charge is 0.493 e. The van der Waals surface area contributed by atoms with Crippen LogP contribution in [-0.4, -0.2) is 23.6 Å². The number of imidazole rings is 1. The Morgan fingerprint density at radius 3 is 2.59 bits per heavy atom. The van der Waals surface area contributed by atoms with Gasteiger partial charge in [-0.3, -0.25) is 4.40 Å². The Kier molecular flexibility index (Phi) is 3.74. The molecule has 0 N–H and O–H groups in total. The highest BCUT2D eigenvalue weighted by atomic mass is 16.5. The van der Waals surface area contributed by atoms with E-state index in [1.807, 2.05) is 41.8 Å². The van der Waals surface area contributed by atoms with Gasteiger partial charge in [0.05, 0.1) is 25.6 Å². The lowest BCUT2D eigenvalue weighted by Gasteiger charge is -2.06. The van der Waals surface area contributed by atoms with Crippen LogP contribution in [0.4, 0.5) is 11.5 Å². The number of hydrogen-bond donors (Lipinski definition) is 0. The number of benzene rings is 1. The summed E-state index contributed by atoms with van der Waals surface area (Å²) in [6.07, 6.45) is 1.91. The second kappa shape index (κ2) is 5.85.